The van der Waals surface area contributed by atoms with Crippen molar-refractivity contribution in [1.82, 2.24) is 10.2 Å². The quantitative estimate of drug-likeness (QED) is 0.348. The molecule has 2 rings (SSSR count). The zero-order valence-electron chi connectivity index (χ0n) is 21.3. The van der Waals surface area contributed by atoms with E-state index in [0.29, 0.717) is 20.6 Å². The summed E-state index contributed by atoms with van der Waals surface area (Å²) in [6.07, 6.45) is 1.17. The Morgan fingerprint density at radius 3 is 2.14 bits per heavy atom. The first-order chi connectivity index (χ1) is 17.0. The Morgan fingerprint density at radius 2 is 1.59 bits per heavy atom. The van der Waals surface area contributed by atoms with E-state index in [2.05, 4.69) is 5.32 Å². The number of nitrogens with one attached hydrogen (secondary N) is 1. The summed E-state index contributed by atoms with van der Waals surface area (Å²) in [4.78, 5) is 27.8. The van der Waals surface area contributed by atoms with Crippen molar-refractivity contribution < 1.29 is 18.0 Å². The van der Waals surface area contributed by atoms with E-state index in [4.69, 9.17) is 46.4 Å². The zero-order chi connectivity index (χ0) is 28.1. The molecule has 12 heteroatoms. The van der Waals surface area contributed by atoms with Gasteiger partial charge in [0.25, 0.3) is 0 Å². The Kier molecular flexibility index (Phi) is 11.0. The molecule has 2 aromatic carbocycles. The van der Waals surface area contributed by atoms with Crippen LogP contribution < -0.4 is 9.62 Å². The summed E-state index contributed by atoms with van der Waals surface area (Å²) in [5.41, 5.74) is 0.230. The lowest BCUT2D eigenvalue weighted by atomic mass is 10.1. The van der Waals surface area contributed by atoms with Crippen LogP contribution in [0.25, 0.3) is 0 Å². The standard InChI is InChI=1S/C25H31Cl4N3O4S/c1-16(24(34)30-25(2,3)4)31(15-18-19(27)8-6-9-20(18)28)23(33)10-7-13-32(37(5,35)36)22-14-17(26)11-12-21(22)29/h6,8-9,11-12,14,16H,7,10,13,15H2,1-5H3,(H,30,34)/t16-/m1/s1. The molecule has 0 aliphatic rings. The highest BCUT2D eigenvalue weighted by atomic mass is 35.5. The van der Waals surface area contributed by atoms with Crippen molar-refractivity contribution in [2.45, 2.75) is 58.7 Å². The van der Waals surface area contributed by atoms with Crippen LogP contribution in [0.4, 0.5) is 5.69 Å². The van der Waals surface area contributed by atoms with Gasteiger partial charge in [-0.1, -0.05) is 52.5 Å². The molecule has 0 aliphatic heterocycles. The van der Waals surface area contributed by atoms with E-state index in [1.807, 2.05) is 20.8 Å². The van der Waals surface area contributed by atoms with Crippen molar-refractivity contribution >= 4 is 73.9 Å². The Bertz CT molecular complexity index is 1230. The number of hydrogen-bond donors (Lipinski definition) is 1. The summed E-state index contributed by atoms with van der Waals surface area (Å²) >= 11 is 25.0. The van der Waals surface area contributed by atoms with Crippen LogP contribution in [0.3, 0.4) is 0 Å². The normalized spacial score (nSPS) is 12.7. The lowest BCUT2D eigenvalue weighted by Crippen LogP contribution is -2.52. The zero-order valence-corrected chi connectivity index (χ0v) is 25.2. The SMILES string of the molecule is C[C@H](C(=O)NC(C)(C)C)N(Cc1c(Cl)cccc1Cl)C(=O)CCCN(c1cc(Cl)ccc1Cl)S(C)(=O)=O. The molecule has 0 unspecified atom stereocenters. The maximum absolute atomic E-state index is 13.4. The number of halogens is 4. The topological polar surface area (TPSA) is 86.8 Å². The molecule has 0 spiro atoms. The molecular weight excluding hydrogens is 580 g/mol. The molecule has 37 heavy (non-hydrogen) atoms. The van der Waals surface area contributed by atoms with Crippen molar-refractivity contribution in [3.8, 4) is 0 Å². The number of hydrogen-bond acceptors (Lipinski definition) is 4. The van der Waals surface area contributed by atoms with Gasteiger partial charge in [-0.25, -0.2) is 8.42 Å². The van der Waals surface area contributed by atoms with E-state index in [-0.39, 0.29) is 48.5 Å². The number of nitrogens with zero attached hydrogens (tertiary/aromatic N) is 2. The Morgan fingerprint density at radius 1 is 1.00 bits per heavy atom. The first-order valence-corrected chi connectivity index (χ1v) is 14.8. The van der Waals surface area contributed by atoms with Gasteiger partial charge >= 0.3 is 0 Å². The molecule has 0 bridgehead atoms. The molecule has 1 atom stereocenters. The van der Waals surface area contributed by atoms with Crippen LogP contribution in [-0.2, 0) is 26.2 Å². The van der Waals surface area contributed by atoms with Gasteiger partial charge in [-0.05, 0) is 64.4 Å². The summed E-state index contributed by atoms with van der Waals surface area (Å²) in [7, 11) is -3.72. The van der Waals surface area contributed by atoms with Crippen LogP contribution in [-0.4, -0.2) is 49.5 Å². The number of anilines is 1. The third-order valence-electron chi connectivity index (χ3n) is 5.38. The smallest absolute Gasteiger partial charge is 0.242 e. The van der Waals surface area contributed by atoms with E-state index < -0.39 is 21.6 Å². The third-order valence-corrected chi connectivity index (χ3v) is 7.83. The van der Waals surface area contributed by atoms with Gasteiger partial charge in [-0.15, -0.1) is 0 Å². The number of amides is 2. The van der Waals surface area contributed by atoms with Crippen molar-refractivity contribution in [3.05, 3.63) is 62.1 Å². The average molecular weight is 611 g/mol. The van der Waals surface area contributed by atoms with Crippen molar-refractivity contribution in [2.24, 2.45) is 0 Å². The fourth-order valence-electron chi connectivity index (χ4n) is 3.57. The predicted octanol–water partition coefficient (Wildman–Crippen LogP) is 6.18. The van der Waals surface area contributed by atoms with Gasteiger partial charge in [-0.2, -0.15) is 0 Å². The van der Waals surface area contributed by atoms with Crippen LogP contribution in [0.5, 0.6) is 0 Å². The molecule has 0 saturated heterocycles. The van der Waals surface area contributed by atoms with Crippen LogP contribution in [0, 0.1) is 0 Å². The van der Waals surface area contributed by atoms with E-state index in [1.54, 1.807) is 31.2 Å². The minimum Gasteiger partial charge on any atom is -0.350 e. The third kappa shape index (κ3) is 9.21. The first-order valence-electron chi connectivity index (χ1n) is 11.5. The minimum atomic E-state index is -3.72. The highest BCUT2D eigenvalue weighted by molar-refractivity contribution is 7.92. The van der Waals surface area contributed by atoms with Crippen molar-refractivity contribution in [1.29, 1.82) is 0 Å². The van der Waals surface area contributed by atoms with Gasteiger partial charge in [0.15, 0.2) is 0 Å². The highest BCUT2D eigenvalue weighted by Crippen LogP contribution is 2.31. The summed E-state index contributed by atoms with van der Waals surface area (Å²) in [5, 5.41) is 4.16. The number of sulfonamides is 1. The molecule has 0 radical (unpaired) electrons. The predicted molar refractivity (Wildman–Crippen MR) is 152 cm³/mol. The molecule has 7 nitrogen and oxygen atoms in total. The molecule has 0 fully saturated rings. The highest BCUT2D eigenvalue weighted by Gasteiger charge is 2.30. The van der Waals surface area contributed by atoms with Gasteiger partial charge in [0.05, 0.1) is 17.0 Å². The number of carbonyl (C=O) groups excluding carboxylic acids is 2. The van der Waals surface area contributed by atoms with Crippen LogP contribution in [0.1, 0.15) is 46.1 Å². The summed E-state index contributed by atoms with van der Waals surface area (Å²) in [5.74, 6) is -0.703. The van der Waals surface area contributed by atoms with Crippen molar-refractivity contribution in [2.75, 3.05) is 17.1 Å². The van der Waals surface area contributed by atoms with E-state index >= 15 is 0 Å². The number of carbonyl (C=O) groups is 2. The first kappa shape index (κ1) is 31.5. The van der Waals surface area contributed by atoms with Crippen LogP contribution in [0.2, 0.25) is 20.1 Å². The summed E-state index contributed by atoms with van der Waals surface area (Å²) < 4.78 is 26.1. The maximum atomic E-state index is 13.4. The lowest BCUT2D eigenvalue weighted by Gasteiger charge is -2.32. The molecule has 0 heterocycles. The van der Waals surface area contributed by atoms with E-state index in [9.17, 15) is 18.0 Å². The molecule has 0 aromatic heterocycles. The van der Waals surface area contributed by atoms with Gasteiger partial charge < -0.3 is 10.2 Å². The Hall–Kier alpha value is -1.71. The molecule has 1 N–H and O–H groups in total. The van der Waals surface area contributed by atoms with Gasteiger partial charge in [0.1, 0.15) is 6.04 Å². The largest absolute Gasteiger partial charge is 0.350 e. The lowest BCUT2D eigenvalue weighted by molar-refractivity contribution is -0.141. The molecule has 2 aromatic rings. The van der Waals surface area contributed by atoms with Crippen molar-refractivity contribution in [3.63, 3.8) is 0 Å². The second kappa shape index (κ2) is 12.9. The molecule has 204 valence electrons. The summed E-state index contributed by atoms with van der Waals surface area (Å²) in [6, 6.07) is 8.68. The second-order valence-corrected chi connectivity index (χ2v) is 13.2. The van der Waals surface area contributed by atoms with Gasteiger partial charge in [0.2, 0.25) is 21.8 Å². The van der Waals surface area contributed by atoms with Gasteiger partial charge in [-0.3, -0.25) is 13.9 Å². The average Bonchev–Trinajstić information content (AvgIpc) is 2.76. The molecular formula is C25H31Cl4N3O4S. The van der Waals surface area contributed by atoms with Gasteiger partial charge in [0, 0.05) is 45.7 Å². The fraction of sp³-hybridized carbons (Fsp3) is 0.440. The Balaban J connectivity index is 2.28. The molecule has 0 aliphatic carbocycles. The fourth-order valence-corrected chi connectivity index (χ4v) is 5.49. The molecule has 0 saturated carbocycles. The van der Waals surface area contributed by atoms with E-state index in [1.165, 1.54) is 17.0 Å². The van der Waals surface area contributed by atoms with Crippen LogP contribution in [0.15, 0.2) is 36.4 Å². The number of benzene rings is 2. The summed E-state index contributed by atoms with van der Waals surface area (Å²) in [6.45, 7) is 7.14. The van der Waals surface area contributed by atoms with Crippen LogP contribution >= 0.6 is 46.4 Å². The molecule has 2 amide bonds. The maximum Gasteiger partial charge on any atom is 0.242 e. The monoisotopic (exact) mass is 609 g/mol. The minimum absolute atomic E-state index is 0.00593. The van der Waals surface area contributed by atoms with E-state index in [0.717, 1.165) is 10.6 Å². The Labute approximate surface area is 239 Å². The number of rotatable bonds is 10. The second-order valence-electron chi connectivity index (χ2n) is 9.67.